The zero-order valence-corrected chi connectivity index (χ0v) is 8.62. The first-order valence-corrected chi connectivity index (χ1v) is 5.13. The van der Waals surface area contributed by atoms with Gasteiger partial charge < -0.3 is 5.32 Å². The molecule has 0 amide bonds. The quantitative estimate of drug-likeness (QED) is 0.552. The number of hydrogen-bond acceptors (Lipinski definition) is 2. The largest absolute Gasteiger partial charge is 0.310 e. The highest BCUT2D eigenvalue weighted by Crippen LogP contribution is 1.98. The number of ketones is 1. The third kappa shape index (κ3) is 3.71. The fourth-order valence-electron chi connectivity index (χ4n) is 1.23. The van der Waals surface area contributed by atoms with Gasteiger partial charge in [0.1, 0.15) is 0 Å². The van der Waals surface area contributed by atoms with Crippen LogP contribution < -0.4 is 5.32 Å². The number of carbonyl (C=O) groups is 1. The van der Waals surface area contributed by atoms with Crippen molar-refractivity contribution in [3.05, 3.63) is 35.9 Å². The molecule has 2 nitrogen and oxygen atoms in total. The maximum atomic E-state index is 11.5. The minimum Gasteiger partial charge on any atom is -0.310 e. The number of nitrogens with one attached hydrogen (secondary N) is 1. The predicted molar refractivity (Wildman–Crippen MR) is 58.6 cm³/mol. The summed E-state index contributed by atoms with van der Waals surface area (Å²) in [6, 6.07) is 9.40. The average molecular weight is 191 g/mol. The number of hydrogen-bond donors (Lipinski definition) is 1. The minimum atomic E-state index is 0.168. The van der Waals surface area contributed by atoms with E-state index >= 15 is 0 Å². The topological polar surface area (TPSA) is 29.1 Å². The first-order chi connectivity index (χ1) is 6.84. The average Bonchev–Trinajstić information content (AvgIpc) is 2.25. The Hall–Kier alpha value is -1.15. The van der Waals surface area contributed by atoms with Crippen molar-refractivity contribution in [1.29, 1.82) is 0 Å². The molecule has 0 aliphatic rings. The van der Waals surface area contributed by atoms with Crippen LogP contribution in [0.25, 0.3) is 0 Å². The maximum absolute atomic E-state index is 11.5. The van der Waals surface area contributed by atoms with Crippen LogP contribution in [0, 0.1) is 0 Å². The van der Waals surface area contributed by atoms with Crippen molar-refractivity contribution < 1.29 is 4.79 Å². The molecule has 14 heavy (non-hydrogen) atoms. The second-order valence-corrected chi connectivity index (χ2v) is 3.32. The van der Waals surface area contributed by atoms with Crippen LogP contribution in [-0.4, -0.2) is 18.9 Å². The van der Waals surface area contributed by atoms with Gasteiger partial charge in [-0.15, -0.1) is 0 Å². The second-order valence-electron chi connectivity index (χ2n) is 3.32. The van der Waals surface area contributed by atoms with Gasteiger partial charge in [0.05, 0.1) is 6.54 Å². The molecule has 1 aromatic carbocycles. The van der Waals surface area contributed by atoms with Crippen LogP contribution in [0.4, 0.5) is 0 Å². The van der Waals surface area contributed by atoms with Gasteiger partial charge in [0.15, 0.2) is 5.78 Å². The summed E-state index contributed by atoms with van der Waals surface area (Å²) in [5, 5.41) is 3.14. The fourth-order valence-corrected chi connectivity index (χ4v) is 1.23. The van der Waals surface area contributed by atoms with Gasteiger partial charge in [-0.05, 0) is 13.0 Å². The third-order valence-electron chi connectivity index (χ3n) is 2.09. The van der Waals surface area contributed by atoms with Gasteiger partial charge in [0.25, 0.3) is 0 Å². The Balaban J connectivity index is 2.29. The summed E-state index contributed by atoms with van der Waals surface area (Å²) < 4.78 is 0. The van der Waals surface area contributed by atoms with Gasteiger partial charge in [-0.2, -0.15) is 0 Å². The first kappa shape index (κ1) is 10.9. The van der Waals surface area contributed by atoms with Crippen molar-refractivity contribution in [3.63, 3.8) is 0 Å². The zero-order valence-electron chi connectivity index (χ0n) is 8.62. The lowest BCUT2D eigenvalue weighted by atomic mass is 10.1. The molecular weight excluding hydrogens is 174 g/mol. The highest BCUT2D eigenvalue weighted by Gasteiger charge is 2.02. The van der Waals surface area contributed by atoms with E-state index in [-0.39, 0.29) is 5.78 Å². The summed E-state index contributed by atoms with van der Waals surface area (Å²) in [5.41, 5.74) is 0.788. The second kappa shape index (κ2) is 6.33. The molecule has 0 heterocycles. The van der Waals surface area contributed by atoms with Crippen LogP contribution in [0.5, 0.6) is 0 Å². The van der Waals surface area contributed by atoms with Crippen LogP contribution >= 0.6 is 0 Å². The van der Waals surface area contributed by atoms with Crippen molar-refractivity contribution in [1.82, 2.24) is 5.32 Å². The molecule has 1 aromatic rings. The normalized spacial score (nSPS) is 10.1. The lowest BCUT2D eigenvalue weighted by molar-refractivity contribution is 0.0991. The molecule has 0 spiro atoms. The summed E-state index contributed by atoms with van der Waals surface area (Å²) >= 11 is 0. The fraction of sp³-hybridized carbons (Fsp3) is 0.417. The molecule has 0 radical (unpaired) electrons. The Bertz CT molecular complexity index is 269. The number of Topliss-reactive ketones (excluding diaryl/α,β-unsaturated/α-hetero) is 1. The highest BCUT2D eigenvalue weighted by molar-refractivity contribution is 5.97. The zero-order chi connectivity index (χ0) is 10.2. The maximum Gasteiger partial charge on any atom is 0.176 e. The number of unbranched alkanes of at least 4 members (excludes halogenated alkanes) is 1. The molecule has 2 heteroatoms. The standard InChI is InChI=1S/C12H17NO/c1-2-3-9-13-10-12(14)11-7-5-4-6-8-11/h4-8,13H,2-3,9-10H2,1H3. The van der Waals surface area contributed by atoms with Crippen LogP contribution in [-0.2, 0) is 0 Å². The van der Waals surface area contributed by atoms with E-state index in [1.165, 1.54) is 0 Å². The molecule has 1 N–H and O–H groups in total. The molecule has 0 unspecified atom stereocenters. The molecule has 0 aromatic heterocycles. The van der Waals surface area contributed by atoms with Gasteiger partial charge in [-0.1, -0.05) is 43.7 Å². The van der Waals surface area contributed by atoms with E-state index in [1.54, 1.807) is 0 Å². The molecule has 0 saturated carbocycles. The van der Waals surface area contributed by atoms with Crippen molar-refractivity contribution in [3.8, 4) is 0 Å². The molecule has 0 aliphatic heterocycles. The van der Waals surface area contributed by atoms with E-state index in [9.17, 15) is 4.79 Å². The Morgan fingerprint density at radius 2 is 2.00 bits per heavy atom. The summed E-state index contributed by atoms with van der Waals surface area (Å²) in [6.07, 6.45) is 2.29. The van der Waals surface area contributed by atoms with Gasteiger partial charge >= 0.3 is 0 Å². The molecule has 0 atom stereocenters. The van der Waals surface area contributed by atoms with E-state index in [4.69, 9.17) is 0 Å². The van der Waals surface area contributed by atoms with Crippen LogP contribution in [0.3, 0.4) is 0 Å². The molecule has 0 bridgehead atoms. The van der Waals surface area contributed by atoms with E-state index in [0.717, 1.165) is 24.9 Å². The van der Waals surface area contributed by atoms with Crippen molar-refractivity contribution in [2.75, 3.05) is 13.1 Å². The highest BCUT2D eigenvalue weighted by atomic mass is 16.1. The Morgan fingerprint density at radius 1 is 1.29 bits per heavy atom. The van der Waals surface area contributed by atoms with E-state index in [0.29, 0.717) is 6.54 Å². The number of carbonyl (C=O) groups excluding carboxylic acids is 1. The van der Waals surface area contributed by atoms with Crippen molar-refractivity contribution in [2.45, 2.75) is 19.8 Å². The summed E-state index contributed by atoms with van der Waals surface area (Å²) in [6.45, 7) is 3.51. The number of rotatable bonds is 6. The van der Waals surface area contributed by atoms with Crippen LogP contribution in [0.15, 0.2) is 30.3 Å². The van der Waals surface area contributed by atoms with Gasteiger partial charge in [0.2, 0.25) is 0 Å². The van der Waals surface area contributed by atoms with Gasteiger partial charge in [0, 0.05) is 5.56 Å². The summed E-state index contributed by atoms with van der Waals surface area (Å²) in [5.74, 6) is 0.168. The smallest absolute Gasteiger partial charge is 0.176 e. The summed E-state index contributed by atoms with van der Waals surface area (Å²) in [4.78, 5) is 11.5. The van der Waals surface area contributed by atoms with Crippen LogP contribution in [0.2, 0.25) is 0 Å². The van der Waals surface area contributed by atoms with E-state index < -0.39 is 0 Å². The van der Waals surface area contributed by atoms with Crippen LogP contribution in [0.1, 0.15) is 30.1 Å². The number of benzene rings is 1. The molecule has 0 saturated heterocycles. The minimum absolute atomic E-state index is 0.168. The molecule has 0 fully saturated rings. The van der Waals surface area contributed by atoms with Crippen molar-refractivity contribution >= 4 is 5.78 Å². The monoisotopic (exact) mass is 191 g/mol. The predicted octanol–water partition coefficient (Wildman–Crippen LogP) is 2.26. The third-order valence-corrected chi connectivity index (χ3v) is 2.09. The first-order valence-electron chi connectivity index (χ1n) is 5.13. The van der Waals surface area contributed by atoms with E-state index in [1.807, 2.05) is 30.3 Å². The Morgan fingerprint density at radius 3 is 2.64 bits per heavy atom. The lowest BCUT2D eigenvalue weighted by Crippen LogP contribution is -2.23. The lowest BCUT2D eigenvalue weighted by Gasteiger charge is -2.02. The van der Waals surface area contributed by atoms with Crippen molar-refractivity contribution in [2.24, 2.45) is 0 Å². The summed E-state index contributed by atoms with van der Waals surface area (Å²) in [7, 11) is 0. The molecule has 76 valence electrons. The van der Waals surface area contributed by atoms with Gasteiger partial charge in [-0.25, -0.2) is 0 Å². The molecule has 1 rings (SSSR count). The Kier molecular flexibility index (Phi) is 4.94. The van der Waals surface area contributed by atoms with E-state index in [2.05, 4.69) is 12.2 Å². The SMILES string of the molecule is CCCCNCC(=O)c1ccccc1. The molecular formula is C12H17NO. The Labute approximate surface area is 85.3 Å². The van der Waals surface area contributed by atoms with Gasteiger partial charge in [-0.3, -0.25) is 4.79 Å². The molecule has 0 aliphatic carbocycles.